The number of nitrogens with zero attached hydrogens (tertiary/aromatic N) is 2. The molecule has 0 aromatic heterocycles. The van der Waals surface area contributed by atoms with Crippen molar-refractivity contribution in [2.24, 2.45) is 5.73 Å². The highest BCUT2D eigenvalue weighted by molar-refractivity contribution is 5.90. The number of nitrogens with one attached hydrogen (secondary N) is 1. The number of rotatable bonds is 8. The Hall–Kier alpha value is -2.57. The summed E-state index contributed by atoms with van der Waals surface area (Å²) in [6.45, 7) is 4.91. The van der Waals surface area contributed by atoms with Gasteiger partial charge in [-0.1, -0.05) is 30.3 Å². The minimum Gasteiger partial charge on any atom is -0.352 e. The minimum atomic E-state index is -0.806. The van der Waals surface area contributed by atoms with E-state index >= 15 is 0 Å². The van der Waals surface area contributed by atoms with Gasteiger partial charge in [0.05, 0.1) is 6.54 Å². The van der Waals surface area contributed by atoms with Gasteiger partial charge in [-0.2, -0.15) is 0 Å². The summed E-state index contributed by atoms with van der Waals surface area (Å²) >= 11 is 0. The van der Waals surface area contributed by atoms with Crippen LogP contribution in [0.5, 0.6) is 0 Å². The van der Waals surface area contributed by atoms with Crippen LogP contribution < -0.4 is 11.1 Å². The molecule has 0 bridgehead atoms. The molecule has 0 aliphatic heterocycles. The van der Waals surface area contributed by atoms with Crippen LogP contribution >= 0.6 is 0 Å². The van der Waals surface area contributed by atoms with Crippen molar-refractivity contribution in [3.8, 4) is 0 Å². The predicted molar refractivity (Wildman–Crippen MR) is 92.2 cm³/mol. The SMILES string of the molecule is CCN(CC)C(=O)CN(C)C(=O)[C@@H](Cc1ccccc1)NC(N)=O. The van der Waals surface area contributed by atoms with E-state index in [9.17, 15) is 14.4 Å². The van der Waals surface area contributed by atoms with E-state index in [0.717, 1.165) is 5.56 Å². The van der Waals surface area contributed by atoms with E-state index in [1.54, 1.807) is 11.9 Å². The van der Waals surface area contributed by atoms with Gasteiger partial charge in [-0.25, -0.2) is 4.79 Å². The summed E-state index contributed by atoms with van der Waals surface area (Å²) < 4.78 is 0. The topological polar surface area (TPSA) is 95.7 Å². The van der Waals surface area contributed by atoms with Gasteiger partial charge in [-0.3, -0.25) is 9.59 Å². The number of primary amides is 1. The van der Waals surface area contributed by atoms with Crippen LogP contribution in [0.3, 0.4) is 0 Å². The third-order valence-electron chi connectivity index (χ3n) is 3.76. The zero-order chi connectivity index (χ0) is 18.1. The Balaban J connectivity index is 2.79. The summed E-state index contributed by atoms with van der Waals surface area (Å²) in [6, 6.07) is 7.74. The molecular formula is C17H26N4O3. The fraction of sp³-hybridized carbons (Fsp3) is 0.471. The third-order valence-corrected chi connectivity index (χ3v) is 3.76. The Morgan fingerprint density at radius 3 is 2.21 bits per heavy atom. The van der Waals surface area contributed by atoms with Crippen LogP contribution in [-0.2, 0) is 16.0 Å². The van der Waals surface area contributed by atoms with E-state index in [1.807, 2.05) is 44.2 Å². The number of benzene rings is 1. The van der Waals surface area contributed by atoms with Crippen molar-refractivity contribution in [1.82, 2.24) is 15.1 Å². The molecule has 0 fully saturated rings. The van der Waals surface area contributed by atoms with Crippen LogP contribution in [-0.4, -0.2) is 60.4 Å². The van der Waals surface area contributed by atoms with Crippen LogP contribution in [0.4, 0.5) is 4.79 Å². The molecule has 7 nitrogen and oxygen atoms in total. The van der Waals surface area contributed by atoms with E-state index in [0.29, 0.717) is 19.5 Å². The Kier molecular flexibility index (Phi) is 7.74. The molecule has 1 atom stereocenters. The summed E-state index contributed by atoms with van der Waals surface area (Å²) in [5.74, 6) is -0.480. The fourth-order valence-electron chi connectivity index (χ4n) is 2.44. The van der Waals surface area contributed by atoms with Crippen LogP contribution in [0.25, 0.3) is 0 Å². The first-order valence-electron chi connectivity index (χ1n) is 8.01. The third kappa shape index (κ3) is 5.91. The van der Waals surface area contributed by atoms with E-state index in [1.165, 1.54) is 4.90 Å². The van der Waals surface area contributed by atoms with Crippen molar-refractivity contribution in [2.45, 2.75) is 26.3 Å². The highest BCUT2D eigenvalue weighted by Crippen LogP contribution is 2.06. The quantitative estimate of drug-likeness (QED) is 0.728. The smallest absolute Gasteiger partial charge is 0.312 e. The molecular weight excluding hydrogens is 308 g/mol. The lowest BCUT2D eigenvalue weighted by Gasteiger charge is -2.26. The van der Waals surface area contributed by atoms with Crippen LogP contribution in [0.2, 0.25) is 0 Å². The number of hydrogen-bond donors (Lipinski definition) is 2. The van der Waals surface area contributed by atoms with Gasteiger partial charge in [0.2, 0.25) is 11.8 Å². The number of carbonyl (C=O) groups is 3. The van der Waals surface area contributed by atoms with Gasteiger partial charge < -0.3 is 20.9 Å². The molecule has 0 aliphatic rings. The highest BCUT2D eigenvalue weighted by Gasteiger charge is 2.25. The molecule has 0 radical (unpaired) electrons. The standard InChI is InChI=1S/C17H26N4O3/c1-4-21(5-2)15(22)12-20(3)16(23)14(19-17(18)24)11-13-9-7-6-8-10-13/h6-10,14H,4-5,11-12H2,1-3H3,(H3,18,19,24)/t14-/m1/s1. The lowest BCUT2D eigenvalue weighted by atomic mass is 10.0. The van der Waals surface area contributed by atoms with E-state index < -0.39 is 12.1 Å². The summed E-state index contributed by atoms with van der Waals surface area (Å²) in [6.07, 6.45) is 0.312. The first-order valence-corrected chi connectivity index (χ1v) is 8.01. The molecule has 0 unspecified atom stereocenters. The fourth-order valence-corrected chi connectivity index (χ4v) is 2.44. The minimum absolute atomic E-state index is 0.0355. The van der Waals surface area contributed by atoms with Gasteiger partial charge in [-0.15, -0.1) is 0 Å². The molecule has 0 saturated heterocycles. The highest BCUT2D eigenvalue weighted by atomic mass is 16.2. The van der Waals surface area contributed by atoms with E-state index in [2.05, 4.69) is 5.32 Å². The normalized spacial score (nSPS) is 11.5. The van der Waals surface area contributed by atoms with Crippen molar-refractivity contribution in [2.75, 3.05) is 26.7 Å². The number of carbonyl (C=O) groups excluding carboxylic acids is 3. The lowest BCUT2D eigenvalue weighted by Crippen LogP contribution is -2.52. The first kappa shape index (κ1) is 19.5. The molecule has 0 aliphatic carbocycles. The number of amides is 4. The van der Waals surface area contributed by atoms with Crippen LogP contribution in [0, 0.1) is 0 Å². The zero-order valence-electron chi connectivity index (χ0n) is 14.5. The van der Waals surface area contributed by atoms with Crippen molar-refractivity contribution in [3.63, 3.8) is 0 Å². The van der Waals surface area contributed by atoms with Gasteiger partial charge in [-0.05, 0) is 19.4 Å². The van der Waals surface area contributed by atoms with E-state index in [4.69, 9.17) is 5.73 Å². The van der Waals surface area contributed by atoms with Crippen LogP contribution in [0.15, 0.2) is 30.3 Å². The van der Waals surface area contributed by atoms with E-state index in [-0.39, 0.29) is 18.4 Å². The van der Waals surface area contributed by atoms with Gasteiger partial charge in [0.25, 0.3) is 0 Å². The maximum absolute atomic E-state index is 12.6. The molecule has 4 amide bonds. The van der Waals surface area contributed by atoms with Crippen LogP contribution in [0.1, 0.15) is 19.4 Å². The molecule has 0 heterocycles. The number of hydrogen-bond acceptors (Lipinski definition) is 3. The lowest BCUT2D eigenvalue weighted by molar-refractivity contribution is -0.140. The molecule has 0 spiro atoms. The second kappa shape index (κ2) is 9.54. The predicted octanol–water partition coefficient (Wildman–Crippen LogP) is 0.593. The largest absolute Gasteiger partial charge is 0.352 e. The summed E-state index contributed by atoms with van der Waals surface area (Å²) in [4.78, 5) is 38.9. The number of nitrogens with two attached hydrogens (primary N) is 1. The molecule has 1 aromatic carbocycles. The molecule has 7 heteroatoms. The zero-order valence-corrected chi connectivity index (χ0v) is 14.5. The maximum Gasteiger partial charge on any atom is 0.312 e. The second-order valence-electron chi connectivity index (χ2n) is 5.51. The number of urea groups is 1. The molecule has 0 saturated carbocycles. The Labute approximate surface area is 142 Å². The molecule has 1 aromatic rings. The molecule has 132 valence electrons. The molecule has 3 N–H and O–H groups in total. The summed E-state index contributed by atoms with van der Waals surface area (Å²) in [7, 11) is 1.55. The summed E-state index contributed by atoms with van der Waals surface area (Å²) in [5.41, 5.74) is 6.08. The Morgan fingerprint density at radius 1 is 1.12 bits per heavy atom. The maximum atomic E-state index is 12.6. The Morgan fingerprint density at radius 2 is 1.71 bits per heavy atom. The van der Waals surface area contributed by atoms with Crippen molar-refractivity contribution < 1.29 is 14.4 Å². The van der Waals surface area contributed by atoms with Crippen molar-refractivity contribution in [1.29, 1.82) is 0 Å². The average Bonchev–Trinajstić information content (AvgIpc) is 2.55. The monoisotopic (exact) mass is 334 g/mol. The first-order chi connectivity index (χ1) is 11.4. The Bertz CT molecular complexity index is 558. The van der Waals surface area contributed by atoms with Crippen molar-refractivity contribution >= 4 is 17.8 Å². The van der Waals surface area contributed by atoms with Gasteiger partial charge >= 0.3 is 6.03 Å². The second-order valence-corrected chi connectivity index (χ2v) is 5.51. The van der Waals surface area contributed by atoms with Gasteiger partial charge in [0.1, 0.15) is 6.04 Å². The van der Waals surface area contributed by atoms with Crippen molar-refractivity contribution in [3.05, 3.63) is 35.9 Å². The summed E-state index contributed by atoms with van der Waals surface area (Å²) in [5, 5.41) is 2.46. The van der Waals surface area contributed by atoms with Gasteiger partial charge in [0.15, 0.2) is 0 Å². The van der Waals surface area contributed by atoms with Gasteiger partial charge in [0, 0.05) is 26.6 Å². The molecule has 1 rings (SSSR count). The average molecular weight is 334 g/mol. The number of likely N-dealkylation sites (N-methyl/N-ethyl adjacent to an activating group) is 2. The molecule has 24 heavy (non-hydrogen) atoms.